The summed E-state index contributed by atoms with van der Waals surface area (Å²) in [5.41, 5.74) is 6.32. The van der Waals surface area contributed by atoms with Gasteiger partial charge in [0.1, 0.15) is 5.69 Å². The molecule has 0 aliphatic rings. The molecule has 0 fully saturated rings. The maximum Gasteiger partial charge on any atom is 0.270 e. The van der Waals surface area contributed by atoms with Gasteiger partial charge in [-0.2, -0.15) is 0 Å². The Hall–Kier alpha value is -1.00. The number of hydrogen-bond acceptors (Lipinski definition) is 2. The molecular weight excluding hydrogens is 238 g/mol. The van der Waals surface area contributed by atoms with Crippen LogP contribution in [0.4, 0.5) is 0 Å². The molecule has 5 heteroatoms. The molecule has 1 rings (SSSR count). The van der Waals surface area contributed by atoms with Gasteiger partial charge in [-0.25, -0.2) is 0 Å². The van der Waals surface area contributed by atoms with Crippen molar-refractivity contribution in [2.75, 3.05) is 20.1 Å². The van der Waals surface area contributed by atoms with Crippen LogP contribution in [-0.2, 0) is 7.05 Å². The molecule has 0 radical (unpaired) electrons. The van der Waals surface area contributed by atoms with E-state index in [1.807, 2.05) is 37.0 Å². The number of carbonyl (C=O) groups excluding carboxylic acids is 1. The highest BCUT2D eigenvalue weighted by molar-refractivity contribution is 5.92. The number of aryl methyl sites for hydroxylation is 1. The van der Waals surface area contributed by atoms with Crippen LogP contribution < -0.4 is 5.73 Å². The van der Waals surface area contributed by atoms with Gasteiger partial charge in [-0.1, -0.05) is 13.8 Å². The van der Waals surface area contributed by atoms with Crippen molar-refractivity contribution in [1.29, 1.82) is 0 Å². The molecule has 1 aromatic heterocycles. The van der Waals surface area contributed by atoms with Crippen molar-refractivity contribution in [1.82, 2.24) is 9.47 Å². The monoisotopic (exact) mass is 259 g/mol. The summed E-state index contributed by atoms with van der Waals surface area (Å²) in [4.78, 5) is 13.8. The molecule has 0 spiro atoms. The first-order chi connectivity index (χ1) is 7.37. The largest absolute Gasteiger partial charge is 0.347 e. The topological polar surface area (TPSA) is 51.3 Å². The van der Waals surface area contributed by atoms with Crippen LogP contribution in [0.2, 0.25) is 0 Å². The molecule has 2 N–H and O–H groups in total. The van der Waals surface area contributed by atoms with E-state index in [9.17, 15) is 4.79 Å². The molecule has 17 heavy (non-hydrogen) atoms. The van der Waals surface area contributed by atoms with Crippen molar-refractivity contribution in [2.24, 2.45) is 18.2 Å². The number of amides is 1. The Balaban J connectivity index is 0.00000256. The molecule has 0 atom stereocenters. The predicted molar refractivity (Wildman–Crippen MR) is 72.5 cm³/mol. The third-order valence-corrected chi connectivity index (χ3v) is 2.73. The Bertz CT molecular complexity index is 374. The fraction of sp³-hybridized carbons (Fsp3) is 0.583. The fourth-order valence-corrected chi connectivity index (χ4v) is 1.66. The molecule has 0 unspecified atom stereocenters. The van der Waals surface area contributed by atoms with Gasteiger partial charge in [-0.05, 0) is 24.1 Å². The normalized spacial score (nSPS) is 10.9. The summed E-state index contributed by atoms with van der Waals surface area (Å²) in [5, 5.41) is 0. The Morgan fingerprint density at radius 3 is 2.53 bits per heavy atom. The summed E-state index contributed by atoms with van der Waals surface area (Å²) in [6.45, 7) is 5.34. The SMILES string of the molecule is CN(CC(C)(C)CN)C(=O)c1cccn1C.Cl. The standard InChI is InChI=1S/C12H21N3O.ClH/c1-12(2,8-13)9-15(4)11(16)10-6-5-7-14(10)3;/h5-7H,8-9,13H2,1-4H3;1H. The number of aromatic nitrogens is 1. The van der Waals surface area contributed by atoms with E-state index in [1.54, 1.807) is 4.90 Å². The average Bonchev–Trinajstić information content (AvgIpc) is 2.62. The maximum atomic E-state index is 12.1. The minimum Gasteiger partial charge on any atom is -0.347 e. The van der Waals surface area contributed by atoms with E-state index >= 15 is 0 Å². The van der Waals surface area contributed by atoms with Gasteiger partial charge < -0.3 is 15.2 Å². The number of nitrogens with two attached hydrogens (primary N) is 1. The highest BCUT2D eigenvalue weighted by Gasteiger charge is 2.22. The summed E-state index contributed by atoms with van der Waals surface area (Å²) >= 11 is 0. The van der Waals surface area contributed by atoms with Crippen LogP contribution in [0.25, 0.3) is 0 Å². The quantitative estimate of drug-likeness (QED) is 0.891. The predicted octanol–water partition coefficient (Wildman–Crippen LogP) is 1.50. The van der Waals surface area contributed by atoms with Gasteiger partial charge in [0.2, 0.25) is 0 Å². The van der Waals surface area contributed by atoms with Crippen molar-refractivity contribution in [3.63, 3.8) is 0 Å². The van der Waals surface area contributed by atoms with Gasteiger partial charge in [0.15, 0.2) is 0 Å². The van der Waals surface area contributed by atoms with Crippen LogP contribution in [0, 0.1) is 5.41 Å². The second-order valence-corrected chi connectivity index (χ2v) is 5.03. The van der Waals surface area contributed by atoms with E-state index in [2.05, 4.69) is 13.8 Å². The van der Waals surface area contributed by atoms with Crippen molar-refractivity contribution in [2.45, 2.75) is 13.8 Å². The van der Waals surface area contributed by atoms with E-state index in [1.165, 1.54) is 0 Å². The molecule has 0 saturated carbocycles. The molecule has 0 bridgehead atoms. The Labute approximate surface area is 109 Å². The number of rotatable bonds is 4. The average molecular weight is 260 g/mol. The zero-order valence-corrected chi connectivity index (χ0v) is 11.8. The summed E-state index contributed by atoms with van der Waals surface area (Å²) in [6.07, 6.45) is 1.87. The minimum absolute atomic E-state index is 0. The van der Waals surface area contributed by atoms with E-state index in [-0.39, 0.29) is 23.7 Å². The van der Waals surface area contributed by atoms with Gasteiger partial charge in [-0.3, -0.25) is 4.79 Å². The molecule has 0 aliphatic heterocycles. The lowest BCUT2D eigenvalue weighted by Gasteiger charge is -2.29. The number of nitrogens with zero attached hydrogens (tertiary/aromatic N) is 2. The lowest BCUT2D eigenvalue weighted by Crippen LogP contribution is -2.40. The van der Waals surface area contributed by atoms with Crippen LogP contribution in [-0.4, -0.2) is 35.5 Å². The number of halogens is 1. The van der Waals surface area contributed by atoms with E-state index in [0.717, 1.165) is 0 Å². The Morgan fingerprint density at radius 2 is 2.12 bits per heavy atom. The summed E-state index contributed by atoms with van der Waals surface area (Å²) in [7, 11) is 3.68. The molecule has 1 heterocycles. The van der Waals surface area contributed by atoms with Crippen LogP contribution >= 0.6 is 12.4 Å². The first-order valence-corrected chi connectivity index (χ1v) is 5.44. The zero-order valence-electron chi connectivity index (χ0n) is 10.9. The van der Waals surface area contributed by atoms with Gasteiger partial charge in [0, 0.05) is 26.8 Å². The maximum absolute atomic E-state index is 12.1. The van der Waals surface area contributed by atoms with Gasteiger partial charge in [0.05, 0.1) is 0 Å². The minimum atomic E-state index is -0.0461. The fourth-order valence-electron chi connectivity index (χ4n) is 1.66. The molecule has 0 aromatic carbocycles. The smallest absolute Gasteiger partial charge is 0.270 e. The lowest BCUT2D eigenvalue weighted by molar-refractivity contribution is 0.0731. The van der Waals surface area contributed by atoms with Gasteiger partial charge in [0.25, 0.3) is 5.91 Å². The van der Waals surface area contributed by atoms with Crippen molar-refractivity contribution >= 4 is 18.3 Å². The van der Waals surface area contributed by atoms with E-state index in [4.69, 9.17) is 5.73 Å². The molecule has 1 amide bonds. The Morgan fingerprint density at radius 1 is 1.53 bits per heavy atom. The number of hydrogen-bond donors (Lipinski definition) is 1. The highest BCUT2D eigenvalue weighted by Crippen LogP contribution is 2.15. The van der Waals surface area contributed by atoms with E-state index in [0.29, 0.717) is 18.8 Å². The third kappa shape index (κ3) is 4.06. The van der Waals surface area contributed by atoms with Crippen molar-refractivity contribution in [3.8, 4) is 0 Å². The van der Waals surface area contributed by atoms with Gasteiger partial charge in [-0.15, -0.1) is 12.4 Å². The lowest BCUT2D eigenvalue weighted by atomic mass is 9.93. The third-order valence-electron chi connectivity index (χ3n) is 2.73. The molecule has 1 aromatic rings. The highest BCUT2D eigenvalue weighted by atomic mass is 35.5. The number of carbonyl (C=O) groups is 1. The van der Waals surface area contributed by atoms with Crippen molar-refractivity contribution in [3.05, 3.63) is 24.0 Å². The molecule has 0 saturated heterocycles. The molecule has 98 valence electrons. The Kier molecular flexibility index (Phi) is 5.72. The van der Waals surface area contributed by atoms with E-state index < -0.39 is 0 Å². The molecular formula is C12H22ClN3O. The van der Waals surface area contributed by atoms with Crippen LogP contribution in [0.3, 0.4) is 0 Å². The molecule has 4 nitrogen and oxygen atoms in total. The first-order valence-electron chi connectivity index (χ1n) is 5.44. The van der Waals surface area contributed by atoms with Gasteiger partial charge >= 0.3 is 0 Å². The summed E-state index contributed by atoms with van der Waals surface area (Å²) in [5.74, 6) is 0.0361. The van der Waals surface area contributed by atoms with Crippen LogP contribution in [0.5, 0.6) is 0 Å². The first kappa shape index (κ1) is 16.0. The molecule has 0 aliphatic carbocycles. The zero-order chi connectivity index (χ0) is 12.3. The van der Waals surface area contributed by atoms with Crippen LogP contribution in [0.15, 0.2) is 18.3 Å². The second kappa shape index (κ2) is 6.07. The van der Waals surface area contributed by atoms with Crippen LogP contribution in [0.1, 0.15) is 24.3 Å². The summed E-state index contributed by atoms with van der Waals surface area (Å²) < 4.78 is 1.83. The second-order valence-electron chi connectivity index (χ2n) is 5.03. The summed E-state index contributed by atoms with van der Waals surface area (Å²) in [6, 6.07) is 3.70. The van der Waals surface area contributed by atoms with Crippen molar-refractivity contribution < 1.29 is 4.79 Å².